The first-order valence-electron chi connectivity index (χ1n) is 7.05. The van der Waals surface area contributed by atoms with Gasteiger partial charge in [0.05, 0.1) is 11.6 Å². The van der Waals surface area contributed by atoms with E-state index < -0.39 is 0 Å². The number of rotatable bonds is 8. The van der Waals surface area contributed by atoms with Gasteiger partial charge >= 0.3 is 0 Å². The normalized spacial score (nSPS) is 11.9. The fraction of sp³-hybridized carbons (Fsp3) is 0.714. The molecule has 0 aliphatic carbocycles. The number of guanidine groups is 1. The molecule has 0 unspecified atom stereocenters. The van der Waals surface area contributed by atoms with Crippen LogP contribution in [-0.2, 0) is 11.2 Å². The molecule has 0 atom stereocenters. The van der Waals surface area contributed by atoms with Crippen LogP contribution in [0.5, 0.6) is 0 Å². The van der Waals surface area contributed by atoms with Crippen molar-refractivity contribution >= 4 is 17.3 Å². The summed E-state index contributed by atoms with van der Waals surface area (Å²) in [6, 6.07) is 0. The van der Waals surface area contributed by atoms with Gasteiger partial charge < -0.3 is 15.4 Å². The smallest absolute Gasteiger partial charge is 0.191 e. The van der Waals surface area contributed by atoms with Crippen LogP contribution in [0.4, 0.5) is 0 Å². The summed E-state index contributed by atoms with van der Waals surface area (Å²) in [7, 11) is 1.78. The summed E-state index contributed by atoms with van der Waals surface area (Å²) < 4.78 is 5.51. The van der Waals surface area contributed by atoms with E-state index in [1.807, 2.05) is 6.20 Å². The molecule has 6 heteroatoms. The lowest BCUT2D eigenvalue weighted by atomic mass is 10.2. The van der Waals surface area contributed by atoms with Gasteiger partial charge in [-0.15, -0.1) is 11.3 Å². The SMILES string of the molecule is CN=C(NCCOCC(C)C)NCCc1ncc(C)s1. The first-order valence-corrected chi connectivity index (χ1v) is 7.87. The largest absolute Gasteiger partial charge is 0.379 e. The number of aliphatic imine (C=N–C) groups is 1. The molecule has 114 valence electrons. The van der Waals surface area contributed by atoms with Crippen LogP contribution in [0.2, 0.25) is 0 Å². The zero-order chi connectivity index (χ0) is 14.8. The molecule has 2 N–H and O–H groups in total. The minimum absolute atomic E-state index is 0.578. The summed E-state index contributed by atoms with van der Waals surface area (Å²) >= 11 is 1.74. The molecular weight excluding hydrogens is 272 g/mol. The van der Waals surface area contributed by atoms with Crippen molar-refractivity contribution in [2.24, 2.45) is 10.9 Å². The number of aromatic nitrogens is 1. The van der Waals surface area contributed by atoms with E-state index in [2.05, 4.69) is 41.4 Å². The van der Waals surface area contributed by atoms with Crippen molar-refractivity contribution in [3.63, 3.8) is 0 Å². The lowest BCUT2D eigenvalue weighted by Gasteiger charge is -2.12. The zero-order valence-corrected chi connectivity index (χ0v) is 13.7. The summed E-state index contributed by atoms with van der Waals surface area (Å²) in [6.07, 6.45) is 2.84. The molecule has 0 spiro atoms. The quantitative estimate of drug-likeness (QED) is 0.437. The predicted octanol–water partition coefficient (Wildman–Crippen LogP) is 1.83. The van der Waals surface area contributed by atoms with Crippen LogP contribution in [0.15, 0.2) is 11.2 Å². The molecule has 0 aliphatic heterocycles. The van der Waals surface area contributed by atoms with E-state index in [-0.39, 0.29) is 0 Å². The molecule has 1 rings (SSSR count). The number of nitrogens with zero attached hydrogens (tertiary/aromatic N) is 2. The highest BCUT2D eigenvalue weighted by Crippen LogP contribution is 2.10. The average Bonchev–Trinajstić information content (AvgIpc) is 2.81. The number of aryl methyl sites for hydroxylation is 1. The Morgan fingerprint density at radius 2 is 2.15 bits per heavy atom. The van der Waals surface area contributed by atoms with Gasteiger partial charge in [-0.25, -0.2) is 4.98 Å². The molecule has 0 aliphatic rings. The molecule has 1 aromatic heterocycles. The van der Waals surface area contributed by atoms with Gasteiger partial charge in [-0.05, 0) is 12.8 Å². The Balaban J connectivity index is 2.10. The Morgan fingerprint density at radius 1 is 1.40 bits per heavy atom. The molecule has 0 aromatic carbocycles. The van der Waals surface area contributed by atoms with Gasteiger partial charge in [-0.1, -0.05) is 13.8 Å². The maximum Gasteiger partial charge on any atom is 0.191 e. The molecule has 1 heterocycles. The second-order valence-corrected chi connectivity index (χ2v) is 6.33. The van der Waals surface area contributed by atoms with Gasteiger partial charge in [0.25, 0.3) is 0 Å². The third-order valence-corrected chi connectivity index (χ3v) is 3.49. The van der Waals surface area contributed by atoms with Crippen molar-refractivity contribution in [3.05, 3.63) is 16.1 Å². The third kappa shape index (κ3) is 7.45. The predicted molar refractivity (Wildman–Crippen MR) is 85.6 cm³/mol. The van der Waals surface area contributed by atoms with Crippen LogP contribution >= 0.6 is 11.3 Å². The van der Waals surface area contributed by atoms with Crippen molar-refractivity contribution in [1.82, 2.24) is 15.6 Å². The molecular formula is C14H26N4OS. The summed E-state index contributed by atoms with van der Waals surface area (Å²) in [5.41, 5.74) is 0. The van der Waals surface area contributed by atoms with Gasteiger partial charge in [-0.3, -0.25) is 4.99 Å². The molecule has 0 saturated carbocycles. The number of hydrogen-bond donors (Lipinski definition) is 2. The van der Waals surface area contributed by atoms with Crippen molar-refractivity contribution in [2.45, 2.75) is 27.2 Å². The van der Waals surface area contributed by atoms with Crippen LogP contribution in [-0.4, -0.2) is 44.3 Å². The number of hydrogen-bond acceptors (Lipinski definition) is 4. The molecule has 20 heavy (non-hydrogen) atoms. The minimum atomic E-state index is 0.578. The van der Waals surface area contributed by atoms with Crippen molar-refractivity contribution in [3.8, 4) is 0 Å². The number of thiazole rings is 1. The number of ether oxygens (including phenoxy) is 1. The molecule has 0 saturated heterocycles. The Labute approximate surface area is 125 Å². The van der Waals surface area contributed by atoms with E-state index in [1.54, 1.807) is 18.4 Å². The summed E-state index contributed by atoms with van der Waals surface area (Å²) in [4.78, 5) is 9.77. The van der Waals surface area contributed by atoms with Crippen LogP contribution in [0.3, 0.4) is 0 Å². The van der Waals surface area contributed by atoms with Gasteiger partial charge in [0, 0.05) is 44.2 Å². The maximum absolute atomic E-state index is 5.51. The van der Waals surface area contributed by atoms with Crippen LogP contribution < -0.4 is 10.6 Å². The van der Waals surface area contributed by atoms with Crippen molar-refractivity contribution < 1.29 is 4.74 Å². The zero-order valence-electron chi connectivity index (χ0n) is 12.9. The van der Waals surface area contributed by atoms with Crippen molar-refractivity contribution in [2.75, 3.05) is 33.4 Å². The van der Waals surface area contributed by atoms with Gasteiger partial charge in [0.1, 0.15) is 0 Å². The first-order chi connectivity index (χ1) is 9.61. The Morgan fingerprint density at radius 3 is 2.75 bits per heavy atom. The summed E-state index contributed by atoms with van der Waals surface area (Å²) in [6.45, 7) is 9.47. The van der Waals surface area contributed by atoms with Crippen LogP contribution in [0.1, 0.15) is 23.7 Å². The van der Waals surface area contributed by atoms with E-state index in [1.165, 1.54) is 4.88 Å². The molecule has 0 bridgehead atoms. The van der Waals surface area contributed by atoms with Crippen LogP contribution in [0, 0.1) is 12.8 Å². The minimum Gasteiger partial charge on any atom is -0.379 e. The number of nitrogens with one attached hydrogen (secondary N) is 2. The average molecular weight is 298 g/mol. The molecule has 0 amide bonds. The van der Waals surface area contributed by atoms with E-state index >= 15 is 0 Å². The fourth-order valence-corrected chi connectivity index (χ4v) is 2.37. The molecule has 0 radical (unpaired) electrons. The maximum atomic E-state index is 5.51. The van der Waals surface area contributed by atoms with Crippen LogP contribution in [0.25, 0.3) is 0 Å². The van der Waals surface area contributed by atoms with Gasteiger partial charge in [0.15, 0.2) is 5.96 Å². The van der Waals surface area contributed by atoms with E-state index in [4.69, 9.17) is 4.74 Å². The summed E-state index contributed by atoms with van der Waals surface area (Å²) in [5.74, 6) is 1.39. The molecule has 0 fully saturated rings. The lowest BCUT2D eigenvalue weighted by molar-refractivity contribution is 0.114. The highest BCUT2D eigenvalue weighted by atomic mass is 32.1. The second-order valence-electron chi connectivity index (χ2n) is 5.01. The summed E-state index contributed by atoms with van der Waals surface area (Å²) in [5, 5.41) is 7.67. The lowest BCUT2D eigenvalue weighted by Crippen LogP contribution is -2.39. The third-order valence-electron chi connectivity index (χ3n) is 2.51. The fourth-order valence-electron chi connectivity index (χ4n) is 1.59. The Hall–Kier alpha value is -1.14. The van der Waals surface area contributed by atoms with Gasteiger partial charge in [0.2, 0.25) is 0 Å². The topological polar surface area (TPSA) is 58.5 Å². The highest BCUT2D eigenvalue weighted by molar-refractivity contribution is 7.11. The van der Waals surface area contributed by atoms with Crippen molar-refractivity contribution in [1.29, 1.82) is 0 Å². The monoisotopic (exact) mass is 298 g/mol. The Kier molecular flexibility index (Phi) is 8.22. The standard InChI is InChI=1S/C14H26N4OS/c1-11(2)10-19-8-7-17-14(15-4)16-6-5-13-18-9-12(3)20-13/h9,11H,5-8,10H2,1-4H3,(H2,15,16,17). The van der Waals surface area contributed by atoms with E-state index in [0.717, 1.165) is 37.1 Å². The van der Waals surface area contributed by atoms with Gasteiger partial charge in [-0.2, -0.15) is 0 Å². The Bertz CT molecular complexity index is 404. The first kappa shape index (κ1) is 16.9. The molecule has 5 nitrogen and oxygen atoms in total. The van der Waals surface area contributed by atoms with E-state index in [0.29, 0.717) is 12.5 Å². The highest BCUT2D eigenvalue weighted by Gasteiger charge is 2.01. The second kappa shape index (κ2) is 9.72. The van der Waals surface area contributed by atoms with E-state index in [9.17, 15) is 0 Å². The molecule has 1 aromatic rings.